The quantitative estimate of drug-likeness (QED) is 0.702. The van der Waals surface area contributed by atoms with Gasteiger partial charge < -0.3 is 10.4 Å². The molecule has 0 saturated heterocycles. The second-order valence-corrected chi connectivity index (χ2v) is 3.54. The molecule has 1 aromatic heterocycles. The molecule has 0 amide bonds. The Labute approximate surface area is 89.3 Å². The second kappa shape index (κ2) is 6.01. The minimum Gasteiger partial charge on any atom is -0.481 e. The number of pyridine rings is 1. The number of nitrogens with zero attached hydrogens (tertiary/aromatic N) is 1. The van der Waals surface area contributed by atoms with E-state index in [0.717, 1.165) is 18.7 Å². The number of hydrogen-bond donors (Lipinski definition) is 2. The standard InChI is InChI=1S/C11H16N2O2/c1-9(11(14)15)3-2-6-13-10-4-7-12-8-5-10/h4-5,7-9H,2-3,6H2,1H3,(H,12,13)(H,14,15). The van der Waals surface area contributed by atoms with Crippen molar-refractivity contribution in [2.45, 2.75) is 19.8 Å². The first-order valence-electron chi connectivity index (χ1n) is 5.07. The van der Waals surface area contributed by atoms with Crippen LogP contribution in [0.25, 0.3) is 0 Å². The van der Waals surface area contributed by atoms with E-state index in [0.29, 0.717) is 6.42 Å². The minimum atomic E-state index is -0.723. The average Bonchev–Trinajstić information content (AvgIpc) is 2.25. The van der Waals surface area contributed by atoms with Gasteiger partial charge in [0.25, 0.3) is 0 Å². The number of carbonyl (C=O) groups is 1. The average molecular weight is 208 g/mol. The van der Waals surface area contributed by atoms with Gasteiger partial charge >= 0.3 is 5.97 Å². The minimum absolute atomic E-state index is 0.260. The van der Waals surface area contributed by atoms with Crippen molar-refractivity contribution in [2.24, 2.45) is 5.92 Å². The SMILES string of the molecule is CC(CCCNc1ccncc1)C(=O)O. The van der Waals surface area contributed by atoms with Crippen LogP contribution in [0.3, 0.4) is 0 Å². The van der Waals surface area contributed by atoms with Gasteiger partial charge in [-0.3, -0.25) is 9.78 Å². The fraction of sp³-hybridized carbons (Fsp3) is 0.455. The Balaban J connectivity index is 2.15. The highest BCUT2D eigenvalue weighted by Gasteiger charge is 2.09. The first-order valence-corrected chi connectivity index (χ1v) is 5.07. The van der Waals surface area contributed by atoms with Gasteiger partial charge in [-0.2, -0.15) is 0 Å². The Morgan fingerprint density at radius 2 is 2.20 bits per heavy atom. The molecule has 0 aliphatic rings. The summed E-state index contributed by atoms with van der Waals surface area (Å²) in [6.45, 7) is 2.52. The molecular weight excluding hydrogens is 192 g/mol. The van der Waals surface area contributed by atoms with Crippen molar-refractivity contribution < 1.29 is 9.90 Å². The molecular formula is C11H16N2O2. The van der Waals surface area contributed by atoms with E-state index in [1.54, 1.807) is 19.3 Å². The largest absolute Gasteiger partial charge is 0.481 e. The molecule has 0 aliphatic carbocycles. The van der Waals surface area contributed by atoms with Gasteiger partial charge in [0.15, 0.2) is 0 Å². The predicted octanol–water partition coefficient (Wildman–Crippen LogP) is 1.99. The lowest BCUT2D eigenvalue weighted by Gasteiger charge is -2.07. The highest BCUT2D eigenvalue weighted by molar-refractivity contribution is 5.69. The number of anilines is 1. The summed E-state index contributed by atoms with van der Waals surface area (Å²) in [6.07, 6.45) is 5.01. The third-order valence-electron chi connectivity index (χ3n) is 2.24. The Morgan fingerprint density at radius 1 is 1.53 bits per heavy atom. The van der Waals surface area contributed by atoms with Crippen molar-refractivity contribution in [2.75, 3.05) is 11.9 Å². The first-order chi connectivity index (χ1) is 7.20. The van der Waals surface area contributed by atoms with Gasteiger partial charge in [0.2, 0.25) is 0 Å². The zero-order valence-electron chi connectivity index (χ0n) is 8.81. The molecule has 1 heterocycles. The van der Waals surface area contributed by atoms with E-state index < -0.39 is 5.97 Å². The molecule has 0 fully saturated rings. The van der Waals surface area contributed by atoms with Crippen molar-refractivity contribution in [3.63, 3.8) is 0 Å². The number of aliphatic carboxylic acids is 1. The number of aromatic nitrogens is 1. The highest BCUT2D eigenvalue weighted by atomic mass is 16.4. The number of rotatable bonds is 6. The summed E-state index contributed by atoms with van der Waals surface area (Å²) in [5, 5.41) is 11.9. The van der Waals surface area contributed by atoms with Crippen LogP contribution in [0.5, 0.6) is 0 Å². The smallest absolute Gasteiger partial charge is 0.306 e. The second-order valence-electron chi connectivity index (χ2n) is 3.54. The van der Waals surface area contributed by atoms with Crippen molar-refractivity contribution in [3.8, 4) is 0 Å². The molecule has 0 spiro atoms. The van der Waals surface area contributed by atoms with Crippen LogP contribution in [0.4, 0.5) is 5.69 Å². The highest BCUT2D eigenvalue weighted by Crippen LogP contribution is 2.07. The maximum absolute atomic E-state index is 10.5. The van der Waals surface area contributed by atoms with Crippen LogP contribution < -0.4 is 5.32 Å². The maximum atomic E-state index is 10.5. The summed E-state index contributed by atoms with van der Waals surface area (Å²) < 4.78 is 0. The van der Waals surface area contributed by atoms with Crippen LogP contribution in [-0.4, -0.2) is 22.6 Å². The normalized spacial score (nSPS) is 12.1. The molecule has 0 bridgehead atoms. The van der Waals surface area contributed by atoms with Gasteiger partial charge in [0, 0.05) is 24.6 Å². The molecule has 15 heavy (non-hydrogen) atoms. The van der Waals surface area contributed by atoms with E-state index in [1.165, 1.54) is 0 Å². The van der Waals surface area contributed by atoms with E-state index in [9.17, 15) is 4.79 Å². The Kier molecular flexibility index (Phi) is 4.60. The Bertz CT molecular complexity index is 301. The zero-order valence-corrected chi connectivity index (χ0v) is 8.81. The van der Waals surface area contributed by atoms with Crippen LogP contribution >= 0.6 is 0 Å². The van der Waals surface area contributed by atoms with Gasteiger partial charge in [-0.15, -0.1) is 0 Å². The molecule has 4 heteroatoms. The first kappa shape index (κ1) is 11.5. The van der Waals surface area contributed by atoms with Crippen molar-refractivity contribution in [1.82, 2.24) is 4.98 Å². The third kappa shape index (κ3) is 4.44. The van der Waals surface area contributed by atoms with Gasteiger partial charge in [-0.05, 0) is 25.0 Å². The topological polar surface area (TPSA) is 62.2 Å². The predicted molar refractivity (Wildman–Crippen MR) is 58.8 cm³/mol. The summed E-state index contributed by atoms with van der Waals surface area (Å²) in [4.78, 5) is 14.4. The Morgan fingerprint density at radius 3 is 2.80 bits per heavy atom. The molecule has 1 rings (SSSR count). The third-order valence-corrected chi connectivity index (χ3v) is 2.24. The molecule has 0 radical (unpaired) electrons. The van der Waals surface area contributed by atoms with E-state index in [4.69, 9.17) is 5.11 Å². The molecule has 2 N–H and O–H groups in total. The number of hydrogen-bond acceptors (Lipinski definition) is 3. The summed E-state index contributed by atoms with van der Waals surface area (Å²) in [5.41, 5.74) is 1.02. The van der Waals surface area contributed by atoms with E-state index in [-0.39, 0.29) is 5.92 Å². The lowest BCUT2D eigenvalue weighted by molar-refractivity contribution is -0.141. The summed E-state index contributed by atoms with van der Waals surface area (Å²) >= 11 is 0. The van der Waals surface area contributed by atoms with E-state index >= 15 is 0 Å². The lowest BCUT2D eigenvalue weighted by Crippen LogP contribution is -2.11. The van der Waals surface area contributed by atoms with Crippen LogP contribution in [0.15, 0.2) is 24.5 Å². The van der Waals surface area contributed by atoms with E-state index in [1.807, 2.05) is 12.1 Å². The molecule has 1 unspecified atom stereocenters. The molecule has 1 atom stereocenters. The molecule has 0 saturated carbocycles. The summed E-state index contributed by atoms with van der Waals surface area (Å²) in [7, 11) is 0. The lowest BCUT2D eigenvalue weighted by atomic mass is 10.1. The molecule has 0 aromatic carbocycles. The van der Waals surface area contributed by atoms with Crippen molar-refractivity contribution in [1.29, 1.82) is 0 Å². The number of carboxylic acid groups (broad SMARTS) is 1. The fourth-order valence-electron chi connectivity index (χ4n) is 1.23. The van der Waals surface area contributed by atoms with Crippen LogP contribution in [0, 0.1) is 5.92 Å². The summed E-state index contributed by atoms with van der Waals surface area (Å²) in [6, 6.07) is 3.78. The number of nitrogens with one attached hydrogen (secondary N) is 1. The maximum Gasteiger partial charge on any atom is 0.306 e. The van der Waals surface area contributed by atoms with E-state index in [2.05, 4.69) is 10.3 Å². The molecule has 0 aliphatic heterocycles. The van der Waals surface area contributed by atoms with Crippen molar-refractivity contribution >= 4 is 11.7 Å². The van der Waals surface area contributed by atoms with Gasteiger partial charge in [-0.25, -0.2) is 0 Å². The van der Waals surface area contributed by atoms with Crippen LogP contribution in [0.2, 0.25) is 0 Å². The molecule has 82 valence electrons. The summed E-state index contributed by atoms with van der Waals surface area (Å²) in [5.74, 6) is -0.983. The van der Waals surface area contributed by atoms with Gasteiger partial charge in [-0.1, -0.05) is 6.92 Å². The zero-order chi connectivity index (χ0) is 11.1. The van der Waals surface area contributed by atoms with Gasteiger partial charge in [0.05, 0.1) is 5.92 Å². The van der Waals surface area contributed by atoms with Crippen LogP contribution in [0.1, 0.15) is 19.8 Å². The molecule has 4 nitrogen and oxygen atoms in total. The van der Waals surface area contributed by atoms with Gasteiger partial charge in [0.1, 0.15) is 0 Å². The molecule has 1 aromatic rings. The Hall–Kier alpha value is -1.58. The van der Waals surface area contributed by atoms with Crippen LogP contribution in [-0.2, 0) is 4.79 Å². The fourth-order valence-corrected chi connectivity index (χ4v) is 1.23. The van der Waals surface area contributed by atoms with Crippen molar-refractivity contribution in [3.05, 3.63) is 24.5 Å². The number of carboxylic acids is 1. The monoisotopic (exact) mass is 208 g/mol.